The van der Waals surface area contributed by atoms with Crippen LogP contribution in [-0.2, 0) is 10.0 Å². The Morgan fingerprint density at radius 2 is 1.72 bits per heavy atom. The molecule has 0 unspecified atom stereocenters. The van der Waals surface area contributed by atoms with Crippen molar-refractivity contribution < 1.29 is 18.1 Å². The van der Waals surface area contributed by atoms with E-state index in [2.05, 4.69) is 20.0 Å². The normalized spacial score (nSPS) is 10.9. The van der Waals surface area contributed by atoms with E-state index < -0.39 is 20.9 Å². The number of nitro benzene ring substituents is 1. The fraction of sp³-hybridized carbons (Fsp3) is 0.0556. The van der Waals surface area contributed by atoms with Gasteiger partial charge in [0.15, 0.2) is 0 Å². The monoisotopic (exact) mass is 413 g/mol. The number of sulfonamides is 1. The summed E-state index contributed by atoms with van der Waals surface area (Å²) >= 11 is 0. The van der Waals surface area contributed by atoms with Gasteiger partial charge in [-0.05, 0) is 49.4 Å². The molecule has 0 saturated carbocycles. The van der Waals surface area contributed by atoms with Crippen molar-refractivity contribution >= 4 is 33.3 Å². The molecule has 2 N–H and O–H groups in total. The van der Waals surface area contributed by atoms with E-state index >= 15 is 0 Å². The highest BCUT2D eigenvalue weighted by Crippen LogP contribution is 2.20. The summed E-state index contributed by atoms with van der Waals surface area (Å²) in [7, 11) is -3.88. The predicted molar refractivity (Wildman–Crippen MR) is 105 cm³/mol. The summed E-state index contributed by atoms with van der Waals surface area (Å²) < 4.78 is 26.9. The Bertz CT molecular complexity index is 1170. The quantitative estimate of drug-likeness (QED) is 0.467. The molecule has 1 aromatic heterocycles. The van der Waals surface area contributed by atoms with E-state index in [4.69, 9.17) is 0 Å². The first-order chi connectivity index (χ1) is 13.8. The Hall–Kier alpha value is -3.86. The SMILES string of the molecule is Cc1cc(C(=O)Nc2ccc(S(=O)(=O)Nc3ncccn3)cc2)ccc1[N+](=O)[O-]. The van der Waals surface area contributed by atoms with Gasteiger partial charge >= 0.3 is 0 Å². The zero-order valence-corrected chi connectivity index (χ0v) is 15.9. The molecule has 0 saturated heterocycles. The van der Waals surface area contributed by atoms with E-state index in [0.717, 1.165) is 0 Å². The van der Waals surface area contributed by atoms with Crippen molar-refractivity contribution in [3.8, 4) is 0 Å². The highest BCUT2D eigenvalue weighted by Gasteiger charge is 2.17. The molecule has 0 radical (unpaired) electrons. The second kappa shape index (κ2) is 8.02. The Labute approximate surface area is 165 Å². The molecule has 1 heterocycles. The number of aryl methyl sites for hydroxylation is 1. The van der Waals surface area contributed by atoms with Crippen LogP contribution in [0.1, 0.15) is 15.9 Å². The van der Waals surface area contributed by atoms with Gasteiger partial charge in [0.1, 0.15) is 0 Å². The van der Waals surface area contributed by atoms with Crippen LogP contribution in [0.15, 0.2) is 65.8 Å². The van der Waals surface area contributed by atoms with Crippen LogP contribution in [0.2, 0.25) is 0 Å². The van der Waals surface area contributed by atoms with Crippen LogP contribution in [0.3, 0.4) is 0 Å². The van der Waals surface area contributed by atoms with Crippen molar-refractivity contribution in [3.05, 3.63) is 82.2 Å². The largest absolute Gasteiger partial charge is 0.322 e. The first-order valence-corrected chi connectivity index (χ1v) is 9.71. The Kier molecular flexibility index (Phi) is 5.50. The van der Waals surface area contributed by atoms with Gasteiger partial charge in [0.05, 0.1) is 9.82 Å². The second-order valence-corrected chi connectivity index (χ2v) is 7.60. The number of rotatable bonds is 6. The smallest absolute Gasteiger partial charge is 0.272 e. The molecule has 11 heteroatoms. The number of hydrogen-bond donors (Lipinski definition) is 2. The lowest BCUT2D eigenvalue weighted by atomic mass is 10.1. The second-order valence-electron chi connectivity index (χ2n) is 5.91. The van der Waals surface area contributed by atoms with E-state index in [-0.39, 0.29) is 22.1 Å². The molecule has 0 spiro atoms. The number of benzene rings is 2. The van der Waals surface area contributed by atoms with Gasteiger partial charge in [0.2, 0.25) is 5.95 Å². The van der Waals surface area contributed by atoms with Gasteiger partial charge in [-0.25, -0.2) is 23.1 Å². The van der Waals surface area contributed by atoms with Crippen LogP contribution < -0.4 is 10.0 Å². The van der Waals surface area contributed by atoms with Crippen LogP contribution in [0.4, 0.5) is 17.3 Å². The summed E-state index contributed by atoms with van der Waals surface area (Å²) in [6.45, 7) is 1.54. The molecule has 3 rings (SSSR count). The molecular weight excluding hydrogens is 398 g/mol. The summed E-state index contributed by atoms with van der Waals surface area (Å²) in [4.78, 5) is 30.3. The lowest BCUT2D eigenvalue weighted by Crippen LogP contribution is -2.15. The topological polar surface area (TPSA) is 144 Å². The van der Waals surface area contributed by atoms with Gasteiger partial charge in [-0.3, -0.25) is 14.9 Å². The highest BCUT2D eigenvalue weighted by molar-refractivity contribution is 7.92. The standard InChI is InChI=1S/C18H15N5O5S/c1-12-11-13(3-8-16(12)23(25)26)17(24)21-14-4-6-15(7-5-14)29(27,28)22-18-19-9-2-10-20-18/h2-11H,1H3,(H,21,24)(H,19,20,22). The lowest BCUT2D eigenvalue weighted by molar-refractivity contribution is -0.385. The van der Waals surface area contributed by atoms with Crippen LogP contribution in [0.25, 0.3) is 0 Å². The summed E-state index contributed by atoms with van der Waals surface area (Å²) in [6.07, 6.45) is 2.81. The van der Waals surface area contributed by atoms with Crippen molar-refractivity contribution in [2.75, 3.05) is 10.0 Å². The molecule has 0 fully saturated rings. The minimum Gasteiger partial charge on any atom is -0.322 e. The van der Waals surface area contributed by atoms with Gasteiger partial charge in [-0.1, -0.05) is 0 Å². The Morgan fingerprint density at radius 1 is 1.07 bits per heavy atom. The summed E-state index contributed by atoms with van der Waals surface area (Å²) in [6, 6.07) is 11.1. The summed E-state index contributed by atoms with van der Waals surface area (Å²) in [5.74, 6) is -0.534. The molecular formula is C18H15N5O5S. The minimum atomic E-state index is -3.88. The van der Waals surface area contributed by atoms with Crippen LogP contribution in [0.5, 0.6) is 0 Å². The van der Waals surface area contributed by atoms with E-state index in [1.807, 2.05) is 0 Å². The number of nitrogens with one attached hydrogen (secondary N) is 2. The number of nitrogens with zero attached hydrogens (tertiary/aromatic N) is 3. The molecule has 0 aliphatic rings. The van der Waals surface area contributed by atoms with E-state index in [0.29, 0.717) is 11.3 Å². The first-order valence-electron chi connectivity index (χ1n) is 8.22. The van der Waals surface area contributed by atoms with Gasteiger partial charge in [0, 0.05) is 35.3 Å². The molecule has 1 amide bonds. The third-order valence-electron chi connectivity index (χ3n) is 3.87. The Balaban J connectivity index is 1.72. The van der Waals surface area contributed by atoms with Crippen molar-refractivity contribution in [3.63, 3.8) is 0 Å². The molecule has 0 aliphatic heterocycles. The van der Waals surface area contributed by atoms with Gasteiger partial charge < -0.3 is 5.32 Å². The maximum Gasteiger partial charge on any atom is 0.272 e. The van der Waals surface area contributed by atoms with Crippen molar-refractivity contribution in [1.29, 1.82) is 0 Å². The number of nitro groups is 1. The van der Waals surface area contributed by atoms with Crippen molar-refractivity contribution in [2.24, 2.45) is 0 Å². The molecule has 29 heavy (non-hydrogen) atoms. The van der Waals surface area contributed by atoms with Crippen LogP contribution in [0, 0.1) is 17.0 Å². The number of hydrogen-bond acceptors (Lipinski definition) is 7. The third kappa shape index (κ3) is 4.71. The maximum atomic E-state index is 12.3. The first kappa shape index (κ1) is 19.9. The van der Waals surface area contributed by atoms with E-state index in [1.54, 1.807) is 6.07 Å². The van der Waals surface area contributed by atoms with Crippen LogP contribution >= 0.6 is 0 Å². The minimum absolute atomic E-state index is 0.0332. The van der Waals surface area contributed by atoms with Gasteiger partial charge in [-0.2, -0.15) is 0 Å². The maximum absolute atomic E-state index is 12.3. The zero-order valence-electron chi connectivity index (χ0n) is 15.1. The lowest BCUT2D eigenvalue weighted by Gasteiger charge is -2.09. The number of aromatic nitrogens is 2. The van der Waals surface area contributed by atoms with Crippen molar-refractivity contribution in [1.82, 2.24) is 9.97 Å². The van der Waals surface area contributed by atoms with Gasteiger partial charge in [0.25, 0.3) is 21.6 Å². The van der Waals surface area contributed by atoms with Crippen LogP contribution in [-0.4, -0.2) is 29.2 Å². The zero-order chi connectivity index (χ0) is 21.0. The molecule has 0 aliphatic carbocycles. The molecule has 3 aromatic rings. The third-order valence-corrected chi connectivity index (χ3v) is 5.21. The number of carbonyl (C=O) groups is 1. The number of anilines is 2. The Morgan fingerprint density at radius 3 is 2.31 bits per heavy atom. The number of amides is 1. The summed E-state index contributed by atoms with van der Waals surface area (Å²) in [5, 5.41) is 13.5. The predicted octanol–water partition coefficient (Wildman–Crippen LogP) is 2.75. The average molecular weight is 413 g/mol. The summed E-state index contributed by atoms with van der Waals surface area (Å²) in [5.41, 5.74) is 0.887. The number of carbonyl (C=O) groups excluding carboxylic acids is 1. The van der Waals surface area contributed by atoms with Crippen molar-refractivity contribution in [2.45, 2.75) is 11.8 Å². The average Bonchev–Trinajstić information content (AvgIpc) is 2.68. The van der Waals surface area contributed by atoms with E-state index in [9.17, 15) is 23.3 Å². The molecule has 0 atom stereocenters. The fourth-order valence-electron chi connectivity index (χ4n) is 2.45. The molecule has 2 aromatic carbocycles. The fourth-order valence-corrected chi connectivity index (χ4v) is 3.41. The molecule has 10 nitrogen and oxygen atoms in total. The highest BCUT2D eigenvalue weighted by atomic mass is 32.2. The van der Waals surface area contributed by atoms with E-state index in [1.165, 1.54) is 61.8 Å². The molecule has 0 bridgehead atoms. The molecule has 148 valence electrons. The van der Waals surface area contributed by atoms with Gasteiger partial charge in [-0.15, -0.1) is 0 Å².